The zero-order valence-corrected chi connectivity index (χ0v) is 13.3. The van der Waals surface area contributed by atoms with Gasteiger partial charge in [-0.05, 0) is 11.6 Å². The molecular formula is C15H19BrN2O3. The first-order valence-electron chi connectivity index (χ1n) is 7.23. The number of hydrogen-bond acceptors (Lipinski definition) is 4. The maximum absolute atomic E-state index is 12.5. The van der Waals surface area contributed by atoms with Crippen LogP contribution in [0.5, 0.6) is 0 Å². The van der Waals surface area contributed by atoms with Gasteiger partial charge in [0.05, 0.1) is 19.8 Å². The molecule has 114 valence electrons. The molecule has 21 heavy (non-hydrogen) atoms. The fourth-order valence-electron chi connectivity index (χ4n) is 2.70. The van der Waals surface area contributed by atoms with Crippen molar-refractivity contribution >= 4 is 21.8 Å². The number of carbonyl (C=O) groups is 1. The van der Waals surface area contributed by atoms with Crippen LogP contribution in [-0.4, -0.2) is 56.3 Å². The SMILES string of the molecule is O=C(C1CNCCO1)N1CCOC(c2ccccc2Br)C1. The molecule has 0 bridgehead atoms. The van der Waals surface area contributed by atoms with E-state index in [1.54, 1.807) is 0 Å². The first-order chi connectivity index (χ1) is 10.3. The number of nitrogens with one attached hydrogen (secondary N) is 1. The predicted octanol–water partition coefficient (Wildman–Crippen LogP) is 1.34. The number of halogens is 1. The lowest BCUT2D eigenvalue weighted by molar-refractivity contribution is -0.152. The third-order valence-corrected chi connectivity index (χ3v) is 4.56. The van der Waals surface area contributed by atoms with Gasteiger partial charge in [-0.25, -0.2) is 0 Å². The van der Waals surface area contributed by atoms with Crippen molar-refractivity contribution in [1.29, 1.82) is 0 Å². The Kier molecular flexibility index (Phi) is 4.90. The topological polar surface area (TPSA) is 50.8 Å². The maximum Gasteiger partial charge on any atom is 0.253 e. The molecule has 2 aliphatic heterocycles. The van der Waals surface area contributed by atoms with E-state index in [9.17, 15) is 4.79 Å². The molecule has 2 unspecified atom stereocenters. The number of amides is 1. The van der Waals surface area contributed by atoms with Crippen molar-refractivity contribution in [1.82, 2.24) is 10.2 Å². The van der Waals surface area contributed by atoms with Crippen LogP contribution in [0.25, 0.3) is 0 Å². The summed E-state index contributed by atoms with van der Waals surface area (Å²) in [6, 6.07) is 7.98. The summed E-state index contributed by atoms with van der Waals surface area (Å²) in [6.07, 6.45) is -0.452. The molecule has 0 radical (unpaired) electrons. The number of ether oxygens (including phenoxy) is 2. The normalized spacial score (nSPS) is 26.6. The fraction of sp³-hybridized carbons (Fsp3) is 0.533. The van der Waals surface area contributed by atoms with Crippen LogP contribution in [0.15, 0.2) is 28.7 Å². The summed E-state index contributed by atoms with van der Waals surface area (Å²) in [5.74, 6) is 0.0579. The highest BCUT2D eigenvalue weighted by molar-refractivity contribution is 9.10. The van der Waals surface area contributed by atoms with Crippen molar-refractivity contribution < 1.29 is 14.3 Å². The van der Waals surface area contributed by atoms with Gasteiger partial charge in [0.2, 0.25) is 0 Å². The van der Waals surface area contributed by atoms with Crippen molar-refractivity contribution in [3.05, 3.63) is 34.3 Å². The molecule has 1 amide bonds. The molecule has 1 aromatic rings. The van der Waals surface area contributed by atoms with Crippen molar-refractivity contribution in [2.75, 3.05) is 39.4 Å². The zero-order chi connectivity index (χ0) is 14.7. The highest BCUT2D eigenvalue weighted by Gasteiger charge is 2.31. The van der Waals surface area contributed by atoms with Crippen LogP contribution in [0, 0.1) is 0 Å². The van der Waals surface area contributed by atoms with Crippen LogP contribution < -0.4 is 5.32 Å². The van der Waals surface area contributed by atoms with Gasteiger partial charge in [-0.3, -0.25) is 4.79 Å². The molecular weight excluding hydrogens is 336 g/mol. The van der Waals surface area contributed by atoms with E-state index in [0.717, 1.165) is 16.6 Å². The quantitative estimate of drug-likeness (QED) is 0.870. The van der Waals surface area contributed by atoms with E-state index in [0.29, 0.717) is 32.8 Å². The predicted molar refractivity (Wildman–Crippen MR) is 82.0 cm³/mol. The standard InChI is InChI=1S/C15H19BrN2O3/c16-12-4-2-1-3-11(12)14-10-18(6-8-21-14)15(19)13-9-17-5-7-20-13/h1-4,13-14,17H,5-10H2. The molecule has 0 saturated carbocycles. The number of morpholine rings is 2. The molecule has 6 heteroatoms. The van der Waals surface area contributed by atoms with E-state index in [1.807, 2.05) is 29.2 Å². The van der Waals surface area contributed by atoms with Gasteiger partial charge >= 0.3 is 0 Å². The Balaban J connectivity index is 1.68. The van der Waals surface area contributed by atoms with Crippen LogP contribution in [0.1, 0.15) is 11.7 Å². The summed E-state index contributed by atoms with van der Waals surface area (Å²) in [6.45, 7) is 3.75. The molecule has 0 aliphatic carbocycles. The molecule has 2 heterocycles. The molecule has 0 spiro atoms. The second kappa shape index (κ2) is 6.87. The molecule has 2 fully saturated rings. The number of hydrogen-bond donors (Lipinski definition) is 1. The Bertz CT molecular complexity index is 505. The smallest absolute Gasteiger partial charge is 0.253 e. The second-order valence-electron chi connectivity index (χ2n) is 5.23. The van der Waals surface area contributed by atoms with Gasteiger partial charge in [0.1, 0.15) is 12.2 Å². The summed E-state index contributed by atoms with van der Waals surface area (Å²) in [5, 5.41) is 3.20. The van der Waals surface area contributed by atoms with Crippen molar-refractivity contribution in [2.45, 2.75) is 12.2 Å². The van der Waals surface area contributed by atoms with E-state index in [1.165, 1.54) is 0 Å². The van der Waals surface area contributed by atoms with Crippen LogP contribution in [-0.2, 0) is 14.3 Å². The molecule has 2 atom stereocenters. The number of benzene rings is 1. The Morgan fingerprint density at radius 2 is 2.14 bits per heavy atom. The number of nitrogens with zero attached hydrogens (tertiary/aromatic N) is 1. The van der Waals surface area contributed by atoms with Gasteiger partial charge < -0.3 is 19.7 Å². The first kappa shape index (κ1) is 15.0. The summed E-state index contributed by atoms with van der Waals surface area (Å²) in [7, 11) is 0. The molecule has 0 aromatic heterocycles. The monoisotopic (exact) mass is 354 g/mol. The Labute approximate surface area is 132 Å². The Morgan fingerprint density at radius 1 is 1.29 bits per heavy atom. The molecule has 1 aromatic carbocycles. The van der Waals surface area contributed by atoms with Crippen LogP contribution in [0.2, 0.25) is 0 Å². The van der Waals surface area contributed by atoms with Gasteiger partial charge in [0, 0.05) is 24.1 Å². The van der Waals surface area contributed by atoms with Gasteiger partial charge in [-0.1, -0.05) is 34.1 Å². The van der Waals surface area contributed by atoms with Crippen molar-refractivity contribution in [3.8, 4) is 0 Å². The van der Waals surface area contributed by atoms with Gasteiger partial charge in [0.15, 0.2) is 0 Å². The molecule has 5 nitrogen and oxygen atoms in total. The van der Waals surface area contributed by atoms with E-state index in [4.69, 9.17) is 9.47 Å². The minimum Gasteiger partial charge on any atom is -0.370 e. The second-order valence-corrected chi connectivity index (χ2v) is 6.08. The van der Waals surface area contributed by atoms with Gasteiger partial charge in [0.25, 0.3) is 5.91 Å². The van der Waals surface area contributed by atoms with Crippen LogP contribution in [0.4, 0.5) is 0 Å². The largest absolute Gasteiger partial charge is 0.370 e. The molecule has 3 rings (SSSR count). The highest BCUT2D eigenvalue weighted by atomic mass is 79.9. The average molecular weight is 355 g/mol. The maximum atomic E-state index is 12.5. The van der Waals surface area contributed by atoms with E-state index in [-0.39, 0.29) is 18.1 Å². The Morgan fingerprint density at radius 3 is 2.90 bits per heavy atom. The van der Waals surface area contributed by atoms with Crippen LogP contribution >= 0.6 is 15.9 Å². The van der Waals surface area contributed by atoms with Gasteiger partial charge in [-0.2, -0.15) is 0 Å². The zero-order valence-electron chi connectivity index (χ0n) is 11.8. The molecule has 1 N–H and O–H groups in total. The Hall–Kier alpha value is -0.950. The summed E-state index contributed by atoms with van der Waals surface area (Å²) in [5.41, 5.74) is 1.08. The van der Waals surface area contributed by atoms with Crippen molar-refractivity contribution in [2.24, 2.45) is 0 Å². The number of carbonyl (C=O) groups excluding carboxylic acids is 1. The fourth-order valence-corrected chi connectivity index (χ4v) is 3.24. The highest BCUT2D eigenvalue weighted by Crippen LogP contribution is 2.28. The minimum atomic E-state index is -0.364. The summed E-state index contributed by atoms with van der Waals surface area (Å²) >= 11 is 3.55. The molecule has 2 aliphatic rings. The average Bonchev–Trinajstić information content (AvgIpc) is 2.55. The lowest BCUT2D eigenvalue weighted by Gasteiger charge is -2.36. The third kappa shape index (κ3) is 3.45. The number of rotatable bonds is 2. The van der Waals surface area contributed by atoms with Gasteiger partial charge in [-0.15, -0.1) is 0 Å². The summed E-state index contributed by atoms with van der Waals surface area (Å²) < 4.78 is 12.4. The lowest BCUT2D eigenvalue weighted by Crippen LogP contribution is -2.52. The van der Waals surface area contributed by atoms with E-state index in [2.05, 4.69) is 21.2 Å². The minimum absolute atomic E-state index is 0.0579. The summed E-state index contributed by atoms with van der Waals surface area (Å²) in [4.78, 5) is 14.4. The van der Waals surface area contributed by atoms with E-state index < -0.39 is 0 Å². The third-order valence-electron chi connectivity index (χ3n) is 3.83. The van der Waals surface area contributed by atoms with Crippen LogP contribution in [0.3, 0.4) is 0 Å². The first-order valence-corrected chi connectivity index (χ1v) is 8.02. The van der Waals surface area contributed by atoms with Crippen molar-refractivity contribution in [3.63, 3.8) is 0 Å². The lowest BCUT2D eigenvalue weighted by atomic mass is 10.1. The van der Waals surface area contributed by atoms with E-state index >= 15 is 0 Å². The molecule has 2 saturated heterocycles.